The van der Waals surface area contributed by atoms with Crippen molar-refractivity contribution in [2.24, 2.45) is 0 Å². The van der Waals surface area contributed by atoms with Crippen molar-refractivity contribution in [1.82, 2.24) is 15.0 Å². The predicted molar refractivity (Wildman–Crippen MR) is 229 cm³/mol. The lowest BCUT2D eigenvalue weighted by Gasteiger charge is -2.11. The summed E-state index contributed by atoms with van der Waals surface area (Å²) in [7, 11) is 0. The first-order chi connectivity index (χ1) is 27.7. The molecular weight excluding hydrogens is 687 g/mol. The van der Waals surface area contributed by atoms with Crippen LogP contribution in [0.25, 0.3) is 121 Å². The van der Waals surface area contributed by atoms with Crippen molar-refractivity contribution >= 4 is 76.2 Å². The minimum atomic E-state index is 0.538. The summed E-state index contributed by atoms with van der Waals surface area (Å²) in [5, 5.41) is 11.1. The molecule has 0 aliphatic heterocycles. The highest BCUT2D eigenvalue weighted by Gasteiger charge is 2.21. The van der Waals surface area contributed by atoms with Crippen LogP contribution in [0.5, 0.6) is 0 Å². The number of para-hydroxylation sites is 2. The smallest absolute Gasteiger partial charge is 0.167 e. The van der Waals surface area contributed by atoms with Crippen LogP contribution in [-0.2, 0) is 0 Å². The molecule has 0 N–H and O–H groups in total. The second kappa shape index (κ2) is 11.9. The van der Waals surface area contributed by atoms with E-state index in [1.165, 1.54) is 27.3 Å². The molecule has 0 fully saturated rings. The molecule has 0 saturated heterocycles. The average molecular weight is 716 g/mol. The summed E-state index contributed by atoms with van der Waals surface area (Å²) in [6.45, 7) is 0. The molecule has 12 rings (SSSR count). The molecule has 0 aliphatic rings. The largest absolute Gasteiger partial charge is 0.456 e. The van der Waals surface area contributed by atoms with Gasteiger partial charge in [0, 0.05) is 32.7 Å². The molecule has 5 heteroatoms. The summed E-state index contributed by atoms with van der Waals surface area (Å²) in [6.07, 6.45) is 0. The fraction of sp³-hybridized carbons (Fsp3) is 0. The van der Waals surface area contributed by atoms with Gasteiger partial charge in [0.1, 0.15) is 22.3 Å². The van der Waals surface area contributed by atoms with Crippen LogP contribution < -0.4 is 0 Å². The highest BCUT2D eigenvalue weighted by atomic mass is 16.3. The average Bonchev–Trinajstić information content (AvgIpc) is 3.83. The molecule has 0 spiro atoms. The van der Waals surface area contributed by atoms with Crippen LogP contribution in [0.15, 0.2) is 185 Å². The van der Waals surface area contributed by atoms with Crippen LogP contribution >= 0.6 is 0 Å². The maximum atomic E-state index is 6.67. The maximum Gasteiger partial charge on any atom is 0.167 e. The van der Waals surface area contributed by atoms with Crippen molar-refractivity contribution in [3.8, 4) is 45.3 Å². The monoisotopic (exact) mass is 715 g/mol. The minimum absolute atomic E-state index is 0.538. The molecule has 0 amide bonds. The molecule has 56 heavy (non-hydrogen) atoms. The number of rotatable bonds is 4. The van der Waals surface area contributed by atoms with Crippen molar-refractivity contribution in [2.45, 2.75) is 0 Å². The Morgan fingerprint density at radius 2 is 0.839 bits per heavy atom. The lowest BCUT2D eigenvalue weighted by atomic mass is 9.98. The van der Waals surface area contributed by atoms with Crippen LogP contribution in [0.2, 0.25) is 0 Å². The lowest BCUT2D eigenvalue weighted by molar-refractivity contribution is 0.669. The second-order valence-corrected chi connectivity index (χ2v) is 14.4. The van der Waals surface area contributed by atoms with Gasteiger partial charge in [-0.1, -0.05) is 127 Å². The third-order valence-electron chi connectivity index (χ3n) is 11.1. The summed E-state index contributed by atoms with van der Waals surface area (Å²) in [4.78, 5) is 15.6. The molecule has 0 bridgehead atoms. The SMILES string of the molecule is c1ccc2cc(-c3ccc4cc(-c5nc(-c6cccc7c6oc6cc8ccccc8cc67)nc(-c6cccc7oc8ccccc8c67)n5)ccc4c3)ccc2c1. The number of hydrogen-bond donors (Lipinski definition) is 0. The Balaban J connectivity index is 1.05. The Morgan fingerprint density at radius 1 is 0.304 bits per heavy atom. The van der Waals surface area contributed by atoms with E-state index in [0.29, 0.717) is 17.5 Å². The van der Waals surface area contributed by atoms with Gasteiger partial charge in [-0.25, -0.2) is 15.0 Å². The molecule has 5 nitrogen and oxygen atoms in total. The van der Waals surface area contributed by atoms with Gasteiger partial charge in [-0.15, -0.1) is 0 Å². The summed E-state index contributed by atoms with van der Waals surface area (Å²) in [5.41, 5.74) is 8.11. The van der Waals surface area contributed by atoms with E-state index in [-0.39, 0.29) is 0 Å². The Morgan fingerprint density at radius 3 is 1.64 bits per heavy atom. The van der Waals surface area contributed by atoms with Crippen molar-refractivity contribution in [1.29, 1.82) is 0 Å². The zero-order chi connectivity index (χ0) is 36.7. The summed E-state index contributed by atoms with van der Waals surface area (Å²) in [5.74, 6) is 1.68. The Hall–Kier alpha value is -7.63. The number of furan rings is 2. The van der Waals surface area contributed by atoms with E-state index in [4.69, 9.17) is 23.8 Å². The van der Waals surface area contributed by atoms with Gasteiger partial charge in [-0.3, -0.25) is 0 Å². The normalized spacial score (nSPS) is 11.9. The van der Waals surface area contributed by atoms with Gasteiger partial charge in [-0.2, -0.15) is 0 Å². The molecule has 0 unspecified atom stereocenters. The van der Waals surface area contributed by atoms with Crippen molar-refractivity contribution in [2.75, 3.05) is 0 Å². The van der Waals surface area contributed by atoms with Gasteiger partial charge in [0.15, 0.2) is 17.5 Å². The van der Waals surface area contributed by atoms with Gasteiger partial charge < -0.3 is 8.83 Å². The standard InChI is InChI=1S/C51H29N3O2/c1-2-10-31-25-34(20-19-30(31)9-1)35-21-22-37-27-38(24-23-36(37)26-35)49-52-50(41-15-8-18-45-47(41)40-13-5-6-17-44(40)55-45)54-51(53-49)42-16-7-14-39-43-28-32-11-3-4-12-33(32)29-46(43)56-48(39)42/h1-29H. The molecule has 260 valence electrons. The fourth-order valence-corrected chi connectivity index (χ4v) is 8.30. The van der Waals surface area contributed by atoms with E-state index in [9.17, 15) is 0 Å². The summed E-state index contributed by atoms with van der Waals surface area (Å²) in [6, 6.07) is 61.2. The Bertz CT molecular complexity index is 3560. The molecule has 3 heterocycles. The highest BCUT2D eigenvalue weighted by molar-refractivity contribution is 6.14. The number of hydrogen-bond acceptors (Lipinski definition) is 5. The van der Waals surface area contributed by atoms with Crippen molar-refractivity contribution in [3.63, 3.8) is 0 Å². The zero-order valence-corrected chi connectivity index (χ0v) is 29.9. The van der Waals surface area contributed by atoms with Crippen LogP contribution in [0, 0.1) is 0 Å². The summed E-state index contributed by atoms with van der Waals surface area (Å²) >= 11 is 0. The molecule has 9 aromatic carbocycles. The molecular formula is C51H29N3O2. The number of nitrogens with zero attached hydrogens (tertiary/aromatic N) is 3. The quantitative estimate of drug-likeness (QED) is 0.181. The van der Waals surface area contributed by atoms with Crippen LogP contribution in [0.1, 0.15) is 0 Å². The fourth-order valence-electron chi connectivity index (χ4n) is 8.30. The van der Waals surface area contributed by atoms with Crippen LogP contribution in [0.3, 0.4) is 0 Å². The highest BCUT2D eigenvalue weighted by Crippen LogP contribution is 2.40. The van der Waals surface area contributed by atoms with Gasteiger partial charge in [0.05, 0.1) is 5.56 Å². The second-order valence-electron chi connectivity index (χ2n) is 14.4. The van der Waals surface area contributed by atoms with E-state index in [0.717, 1.165) is 76.7 Å². The molecule has 0 saturated carbocycles. The third-order valence-corrected chi connectivity index (χ3v) is 11.1. The molecule has 0 atom stereocenters. The maximum absolute atomic E-state index is 6.67. The zero-order valence-electron chi connectivity index (χ0n) is 29.9. The Labute approximate surface area is 320 Å². The topological polar surface area (TPSA) is 65.0 Å². The van der Waals surface area contributed by atoms with Crippen LogP contribution in [-0.4, -0.2) is 15.0 Å². The number of aromatic nitrogens is 3. The van der Waals surface area contributed by atoms with E-state index < -0.39 is 0 Å². The van der Waals surface area contributed by atoms with E-state index in [1.54, 1.807) is 0 Å². The molecule has 0 radical (unpaired) electrons. The van der Waals surface area contributed by atoms with Gasteiger partial charge in [-0.05, 0) is 92.0 Å². The van der Waals surface area contributed by atoms with E-state index in [1.807, 2.05) is 36.4 Å². The van der Waals surface area contributed by atoms with E-state index in [2.05, 4.69) is 140 Å². The third kappa shape index (κ3) is 4.84. The Kier molecular flexibility index (Phi) is 6.56. The first-order valence-corrected chi connectivity index (χ1v) is 18.7. The number of fused-ring (bicyclic) bond motifs is 9. The van der Waals surface area contributed by atoms with Gasteiger partial charge in [0.2, 0.25) is 0 Å². The predicted octanol–water partition coefficient (Wildman–Crippen LogP) is 13.8. The van der Waals surface area contributed by atoms with Crippen LogP contribution in [0.4, 0.5) is 0 Å². The van der Waals surface area contributed by atoms with E-state index >= 15 is 0 Å². The van der Waals surface area contributed by atoms with Crippen molar-refractivity contribution < 1.29 is 8.83 Å². The minimum Gasteiger partial charge on any atom is -0.456 e. The summed E-state index contributed by atoms with van der Waals surface area (Å²) < 4.78 is 13.0. The molecule has 12 aromatic rings. The van der Waals surface area contributed by atoms with Crippen molar-refractivity contribution in [3.05, 3.63) is 176 Å². The first-order valence-electron chi connectivity index (χ1n) is 18.7. The molecule has 0 aliphatic carbocycles. The van der Waals surface area contributed by atoms with Gasteiger partial charge in [0.25, 0.3) is 0 Å². The lowest BCUT2D eigenvalue weighted by Crippen LogP contribution is -2.00. The first kappa shape index (κ1) is 30.8. The van der Waals surface area contributed by atoms with Gasteiger partial charge >= 0.3 is 0 Å². The number of benzene rings is 9. The molecule has 3 aromatic heterocycles.